The molecule has 5 nitrogen and oxygen atoms in total. The minimum absolute atomic E-state index is 0.227. The molecule has 17 heavy (non-hydrogen) atoms. The van der Waals surface area contributed by atoms with Crippen LogP contribution in [0.1, 0.15) is 41.4 Å². The van der Waals surface area contributed by atoms with Gasteiger partial charge in [-0.3, -0.25) is 4.39 Å². The number of esters is 1. The number of nitrogen functional groups attached to an aromatic ring is 1. The number of halogens is 1. The Bertz CT molecular complexity index is 427. The molecule has 1 aromatic heterocycles. The molecule has 0 spiro atoms. The molecule has 1 fully saturated rings. The summed E-state index contributed by atoms with van der Waals surface area (Å²) in [5.41, 5.74) is 6.79. The van der Waals surface area contributed by atoms with Gasteiger partial charge in [0.15, 0.2) is 5.69 Å². The van der Waals surface area contributed by atoms with Crippen molar-refractivity contribution in [1.29, 1.82) is 0 Å². The fourth-order valence-corrected chi connectivity index (χ4v) is 1.83. The highest BCUT2D eigenvalue weighted by Crippen LogP contribution is 2.38. The Morgan fingerprint density at radius 3 is 2.88 bits per heavy atom. The zero-order valence-corrected chi connectivity index (χ0v) is 9.78. The minimum atomic E-state index is -0.509. The van der Waals surface area contributed by atoms with Crippen molar-refractivity contribution in [1.82, 2.24) is 9.78 Å². The predicted octanol–water partition coefficient (Wildman–Crippen LogP) is 1.49. The van der Waals surface area contributed by atoms with Gasteiger partial charge in [-0.25, -0.2) is 9.48 Å². The van der Waals surface area contributed by atoms with Gasteiger partial charge in [-0.2, -0.15) is 5.10 Å². The maximum atomic E-state index is 12.2. The monoisotopic (exact) mass is 241 g/mol. The lowest BCUT2D eigenvalue weighted by Gasteiger charge is -2.02. The van der Waals surface area contributed by atoms with Crippen LogP contribution < -0.4 is 5.73 Å². The maximum Gasteiger partial charge on any atom is 0.358 e. The van der Waals surface area contributed by atoms with Gasteiger partial charge in [-0.15, -0.1) is 0 Å². The first-order valence-electron chi connectivity index (χ1n) is 5.70. The van der Waals surface area contributed by atoms with Crippen LogP contribution in [0.5, 0.6) is 0 Å². The number of carbonyl (C=O) groups excluding carboxylic acids is 1. The number of methoxy groups -OCH3 is 1. The molecule has 1 aliphatic carbocycles. The van der Waals surface area contributed by atoms with Crippen LogP contribution >= 0.6 is 0 Å². The van der Waals surface area contributed by atoms with Crippen molar-refractivity contribution in [3.8, 4) is 0 Å². The molecule has 1 heterocycles. The Kier molecular flexibility index (Phi) is 3.31. The summed E-state index contributed by atoms with van der Waals surface area (Å²) in [6, 6.07) is 0.289. The van der Waals surface area contributed by atoms with E-state index in [1.807, 2.05) is 0 Å². The van der Waals surface area contributed by atoms with E-state index in [0.29, 0.717) is 24.2 Å². The van der Waals surface area contributed by atoms with E-state index in [4.69, 9.17) is 5.73 Å². The number of aromatic nitrogens is 2. The van der Waals surface area contributed by atoms with Gasteiger partial charge in [0.2, 0.25) is 0 Å². The highest BCUT2D eigenvalue weighted by atomic mass is 19.1. The second-order valence-electron chi connectivity index (χ2n) is 4.17. The standard InChI is InChI=1S/C11H16FN3O2/c1-17-11(16)9-8(3-2-6-12)10(13)15(14-9)7-4-5-7/h7H,2-6,13H2,1H3. The molecule has 94 valence electrons. The van der Waals surface area contributed by atoms with Crippen molar-refractivity contribution in [2.45, 2.75) is 31.7 Å². The molecule has 6 heteroatoms. The van der Waals surface area contributed by atoms with Crippen LogP contribution in [0.3, 0.4) is 0 Å². The van der Waals surface area contributed by atoms with E-state index in [0.717, 1.165) is 12.8 Å². The van der Waals surface area contributed by atoms with Gasteiger partial charge in [-0.1, -0.05) is 0 Å². The number of carbonyl (C=O) groups is 1. The number of hydrogen-bond acceptors (Lipinski definition) is 4. The third-order valence-corrected chi connectivity index (χ3v) is 2.88. The summed E-state index contributed by atoms with van der Waals surface area (Å²) in [6.45, 7) is -0.436. The second kappa shape index (κ2) is 4.73. The van der Waals surface area contributed by atoms with Crippen molar-refractivity contribution in [3.05, 3.63) is 11.3 Å². The molecule has 1 aliphatic rings. The Hall–Kier alpha value is -1.59. The van der Waals surface area contributed by atoms with Gasteiger partial charge in [0.05, 0.1) is 19.8 Å². The Labute approximate surface area is 98.7 Å². The average molecular weight is 241 g/mol. The SMILES string of the molecule is COC(=O)c1nn(C2CC2)c(N)c1CCCF. The molecular formula is C11H16FN3O2. The number of rotatable bonds is 5. The normalized spacial score (nSPS) is 14.9. The lowest BCUT2D eigenvalue weighted by molar-refractivity contribution is 0.0591. The number of nitrogens with two attached hydrogens (primary N) is 1. The fourth-order valence-electron chi connectivity index (χ4n) is 1.83. The van der Waals surface area contributed by atoms with Crippen LogP contribution in [-0.2, 0) is 11.2 Å². The highest BCUT2D eigenvalue weighted by Gasteiger charge is 2.30. The van der Waals surface area contributed by atoms with E-state index in [-0.39, 0.29) is 11.7 Å². The molecule has 0 bridgehead atoms. The molecule has 0 saturated heterocycles. The van der Waals surface area contributed by atoms with Gasteiger partial charge in [0, 0.05) is 5.56 Å². The van der Waals surface area contributed by atoms with Crippen molar-refractivity contribution < 1.29 is 13.9 Å². The summed E-state index contributed by atoms with van der Waals surface area (Å²) in [5.74, 6) is -0.0358. The second-order valence-corrected chi connectivity index (χ2v) is 4.17. The largest absolute Gasteiger partial charge is 0.464 e. The third kappa shape index (κ3) is 2.25. The van der Waals surface area contributed by atoms with E-state index in [2.05, 4.69) is 9.84 Å². The quantitative estimate of drug-likeness (QED) is 0.793. The summed E-state index contributed by atoms with van der Waals surface area (Å²) < 4.78 is 18.5. The minimum Gasteiger partial charge on any atom is -0.464 e. The molecule has 0 unspecified atom stereocenters. The summed E-state index contributed by atoms with van der Waals surface area (Å²) >= 11 is 0. The fraction of sp³-hybridized carbons (Fsp3) is 0.636. The zero-order chi connectivity index (χ0) is 12.4. The first-order chi connectivity index (χ1) is 8.19. The number of nitrogens with zero attached hydrogens (tertiary/aromatic N) is 2. The molecule has 2 N–H and O–H groups in total. The maximum absolute atomic E-state index is 12.2. The van der Waals surface area contributed by atoms with Gasteiger partial charge in [-0.05, 0) is 25.7 Å². The molecule has 1 aromatic rings. The number of hydrogen-bond donors (Lipinski definition) is 1. The van der Waals surface area contributed by atoms with E-state index >= 15 is 0 Å². The van der Waals surface area contributed by atoms with Gasteiger partial charge >= 0.3 is 5.97 Å². The smallest absolute Gasteiger partial charge is 0.358 e. The van der Waals surface area contributed by atoms with Crippen molar-refractivity contribution in [3.63, 3.8) is 0 Å². The van der Waals surface area contributed by atoms with Gasteiger partial charge in [0.1, 0.15) is 5.82 Å². The van der Waals surface area contributed by atoms with Crippen molar-refractivity contribution in [2.24, 2.45) is 0 Å². The molecule has 0 atom stereocenters. The predicted molar refractivity (Wildman–Crippen MR) is 60.5 cm³/mol. The van der Waals surface area contributed by atoms with Crippen LogP contribution in [0, 0.1) is 0 Å². The summed E-state index contributed by atoms with van der Waals surface area (Å²) in [6.07, 6.45) is 2.80. The first-order valence-corrected chi connectivity index (χ1v) is 5.70. The van der Waals surface area contributed by atoms with Crippen molar-refractivity contribution in [2.75, 3.05) is 19.5 Å². The lowest BCUT2D eigenvalue weighted by Crippen LogP contribution is -2.06. The molecule has 0 aromatic carbocycles. The van der Waals surface area contributed by atoms with E-state index in [1.54, 1.807) is 4.68 Å². The summed E-state index contributed by atoms with van der Waals surface area (Å²) in [5, 5.41) is 4.19. The number of alkyl halides is 1. The Morgan fingerprint density at radius 2 is 2.35 bits per heavy atom. The lowest BCUT2D eigenvalue weighted by atomic mass is 10.1. The van der Waals surface area contributed by atoms with Gasteiger partial charge in [0.25, 0.3) is 0 Å². The molecular weight excluding hydrogens is 225 g/mol. The van der Waals surface area contributed by atoms with E-state index in [9.17, 15) is 9.18 Å². The Morgan fingerprint density at radius 1 is 1.65 bits per heavy atom. The van der Waals surface area contributed by atoms with Gasteiger partial charge < -0.3 is 10.5 Å². The zero-order valence-electron chi connectivity index (χ0n) is 9.78. The van der Waals surface area contributed by atoms with Crippen LogP contribution in [0.15, 0.2) is 0 Å². The van der Waals surface area contributed by atoms with Crippen LogP contribution in [0.4, 0.5) is 10.2 Å². The summed E-state index contributed by atoms with van der Waals surface area (Å²) in [7, 11) is 1.30. The number of ether oxygens (including phenoxy) is 1. The average Bonchev–Trinajstić information content (AvgIpc) is 3.11. The molecule has 0 radical (unpaired) electrons. The van der Waals surface area contributed by atoms with E-state index < -0.39 is 12.6 Å². The van der Waals surface area contributed by atoms with Crippen molar-refractivity contribution >= 4 is 11.8 Å². The number of anilines is 1. The third-order valence-electron chi connectivity index (χ3n) is 2.88. The topological polar surface area (TPSA) is 70.1 Å². The van der Waals surface area contributed by atoms with Crippen LogP contribution in [0.25, 0.3) is 0 Å². The Balaban J connectivity index is 2.33. The first kappa shape index (κ1) is 11.9. The molecule has 0 amide bonds. The van der Waals surface area contributed by atoms with E-state index in [1.165, 1.54) is 7.11 Å². The molecule has 2 rings (SSSR count). The van der Waals surface area contributed by atoms with Crippen LogP contribution in [0.2, 0.25) is 0 Å². The highest BCUT2D eigenvalue weighted by molar-refractivity contribution is 5.90. The summed E-state index contributed by atoms with van der Waals surface area (Å²) in [4.78, 5) is 11.6. The molecule has 0 aliphatic heterocycles. The van der Waals surface area contributed by atoms with Crippen LogP contribution in [-0.4, -0.2) is 29.5 Å². The molecule has 1 saturated carbocycles.